The van der Waals surface area contributed by atoms with Crippen LogP contribution in [0.25, 0.3) is 0 Å². The SMILES string of the molecule is O=C1c2ccccc2N[C@H](c2ccccc2Cl)N1CC(F)(F)F. The first-order valence-electron chi connectivity index (χ1n) is 6.84. The molecule has 0 aromatic heterocycles. The zero-order chi connectivity index (χ0) is 16.6. The number of anilines is 1. The molecule has 0 saturated heterocycles. The van der Waals surface area contributed by atoms with E-state index in [2.05, 4.69) is 5.32 Å². The number of para-hydroxylation sites is 1. The number of amides is 1. The number of hydrogen-bond acceptors (Lipinski definition) is 2. The highest BCUT2D eigenvalue weighted by Crippen LogP contribution is 2.37. The number of benzene rings is 2. The third kappa shape index (κ3) is 3.12. The van der Waals surface area contributed by atoms with Crippen LogP contribution in [0.2, 0.25) is 5.02 Å². The number of nitrogens with zero attached hydrogens (tertiary/aromatic N) is 1. The number of halogens is 4. The maximum atomic E-state index is 12.9. The van der Waals surface area contributed by atoms with Crippen molar-refractivity contribution in [2.75, 3.05) is 11.9 Å². The molecular weight excluding hydrogens is 329 g/mol. The quantitative estimate of drug-likeness (QED) is 0.875. The van der Waals surface area contributed by atoms with E-state index >= 15 is 0 Å². The van der Waals surface area contributed by atoms with Crippen molar-refractivity contribution in [3.8, 4) is 0 Å². The molecule has 7 heteroatoms. The molecule has 0 spiro atoms. The summed E-state index contributed by atoms with van der Waals surface area (Å²) in [6.07, 6.45) is -5.49. The van der Waals surface area contributed by atoms with Gasteiger partial charge in [-0.3, -0.25) is 4.79 Å². The first kappa shape index (κ1) is 15.7. The minimum Gasteiger partial charge on any atom is -0.361 e. The second-order valence-corrected chi connectivity index (χ2v) is 5.57. The van der Waals surface area contributed by atoms with E-state index < -0.39 is 24.8 Å². The molecule has 1 N–H and O–H groups in total. The number of alkyl halides is 3. The maximum Gasteiger partial charge on any atom is 0.406 e. The van der Waals surface area contributed by atoms with E-state index in [9.17, 15) is 18.0 Å². The lowest BCUT2D eigenvalue weighted by atomic mass is 10.0. The van der Waals surface area contributed by atoms with Crippen molar-refractivity contribution >= 4 is 23.2 Å². The summed E-state index contributed by atoms with van der Waals surface area (Å²) >= 11 is 6.11. The van der Waals surface area contributed by atoms with Crippen molar-refractivity contribution < 1.29 is 18.0 Å². The molecule has 1 amide bonds. The van der Waals surface area contributed by atoms with E-state index in [0.717, 1.165) is 4.90 Å². The summed E-state index contributed by atoms with van der Waals surface area (Å²) in [6.45, 7) is -1.36. The van der Waals surface area contributed by atoms with Gasteiger partial charge in [-0.25, -0.2) is 0 Å². The second kappa shape index (κ2) is 5.77. The van der Waals surface area contributed by atoms with E-state index in [-0.39, 0.29) is 5.56 Å². The molecule has 1 atom stereocenters. The topological polar surface area (TPSA) is 32.3 Å². The van der Waals surface area contributed by atoms with Crippen LogP contribution in [0, 0.1) is 0 Å². The molecule has 23 heavy (non-hydrogen) atoms. The van der Waals surface area contributed by atoms with Crippen molar-refractivity contribution in [3.05, 3.63) is 64.7 Å². The molecule has 2 aromatic carbocycles. The summed E-state index contributed by atoms with van der Waals surface area (Å²) in [6, 6.07) is 13.0. The predicted molar refractivity (Wildman–Crippen MR) is 81.3 cm³/mol. The number of fused-ring (bicyclic) bond motifs is 1. The molecule has 0 bridgehead atoms. The standard InChI is InChI=1S/C16H12ClF3N2O/c17-12-7-3-1-5-10(12)14-21-13-8-4-2-6-11(13)15(23)22(14)9-16(18,19)20/h1-8,14,21H,9H2/t14-/m0/s1. The van der Waals surface area contributed by atoms with Gasteiger partial charge in [-0.1, -0.05) is 41.9 Å². The molecule has 1 heterocycles. The smallest absolute Gasteiger partial charge is 0.361 e. The molecule has 120 valence electrons. The van der Waals surface area contributed by atoms with Crippen LogP contribution in [0.15, 0.2) is 48.5 Å². The Kier molecular flexibility index (Phi) is 3.93. The van der Waals surface area contributed by atoms with Gasteiger partial charge in [-0.2, -0.15) is 13.2 Å². The third-order valence-electron chi connectivity index (χ3n) is 3.57. The molecular formula is C16H12ClF3N2O. The van der Waals surface area contributed by atoms with Gasteiger partial charge in [0.05, 0.1) is 5.56 Å². The van der Waals surface area contributed by atoms with Crippen molar-refractivity contribution in [3.63, 3.8) is 0 Å². The van der Waals surface area contributed by atoms with Gasteiger partial charge >= 0.3 is 6.18 Å². The molecule has 2 aromatic rings. The van der Waals surface area contributed by atoms with Crippen LogP contribution < -0.4 is 5.32 Å². The Bertz CT molecular complexity index is 748. The molecule has 1 aliphatic heterocycles. The Morgan fingerprint density at radius 1 is 1.09 bits per heavy atom. The summed E-state index contributed by atoms with van der Waals surface area (Å²) in [5, 5.41) is 3.27. The van der Waals surface area contributed by atoms with Crippen molar-refractivity contribution in [1.29, 1.82) is 0 Å². The number of hydrogen-bond donors (Lipinski definition) is 1. The van der Waals surface area contributed by atoms with E-state index in [4.69, 9.17) is 11.6 Å². The van der Waals surface area contributed by atoms with Crippen LogP contribution >= 0.6 is 11.6 Å². The molecule has 0 saturated carbocycles. The second-order valence-electron chi connectivity index (χ2n) is 5.16. The fourth-order valence-corrected chi connectivity index (χ4v) is 2.83. The zero-order valence-corrected chi connectivity index (χ0v) is 12.5. The van der Waals surface area contributed by atoms with Crippen LogP contribution in [-0.2, 0) is 0 Å². The lowest BCUT2D eigenvalue weighted by molar-refractivity contribution is -0.144. The average Bonchev–Trinajstić information content (AvgIpc) is 2.50. The minimum atomic E-state index is -4.51. The highest BCUT2D eigenvalue weighted by molar-refractivity contribution is 6.31. The van der Waals surface area contributed by atoms with Gasteiger partial charge in [0.2, 0.25) is 0 Å². The van der Waals surface area contributed by atoms with E-state index in [1.807, 2.05) is 0 Å². The van der Waals surface area contributed by atoms with Crippen LogP contribution in [0.5, 0.6) is 0 Å². The Morgan fingerprint density at radius 3 is 2.43 bits per heavy atom. The highest BCUT2D eigenvalue weighted by Gasteiger charge is 2.41. The average molecular weight is 341 g/mol. The summed E-state index contributed by atoms with van der Waals surface area (Å²) in [7, 11) is 0. The molecule has 0 aliphatic carbocycles. The van der Waals surface area contributed by atoms with Crippen LogP contribution in [-0.4, -0.2) is 23.5 Å². The van der Waals surface area contributed by atoms with Crippen LogP contribution in [0.4, 0.5) is 18.9 Å². The number of nitrogens with one attached hydrogen (secondary N) is 1. The van der Waals surface area contributed by atoms with Crippen molar-refractivity contribution in [2.45, 2.75) is 12.3 Å². The summed E-state index contributed by atoms with van der Waals surface area (Å²) < 4.78 is 38.8. The van der Waals surface area contributed by atoms with Crippen molar-refractivity contribution in [1.82, 2.24) is 4.90 Å². The molecule has 0 unspecified atom stereocenters. The first-order chi connectivity index (χ1) is 10.9. The van der Waals surface area contributed by atoms with Gasteiger partial charge < -0.3 is 10.2 Å². The Morgan fingerprint density at radius 2 is 1.74 bits per heavy atom. The molecule has 3 nitrogen and oxygen atoms in total. The highest BCUT2D eigenvalue weighted by atomic mass is 35.5. The zero-order valence-electron chi connectivity index (χ0n) is 11.8. The first-order valence-corrected chi connectivity index (χ1v) is 7.22. The lowest BCUT2D eigenvalue weighted by Gasteiger charge is -2.38. The monoisotopic (exact) mass is 340 g/mol. The summed E-state index contributed by atoms with van der Waals surface area (Å²) in [4.78, 5) is 13.3. The van der Waals surface area contributed by atoms with Gasteiger partial charge in [0, 0.05) is 16.3 Å². The third-order valence-corrected chi connectivity index (χ3v) is 3.92. The van der Waals surface area contributed by atoms with Crippen LogP contribution in [0.1, 0.15) is 22.1 Å². The number of carbonyl (C=O) groups excluding carboxylic acids is 1. The van der Waals surface area contributed by atoms with Gasteiger partial charge in [-0.05, 0) is 18.2 Å². The minimum absolute atomic E-state index is 0.208. The van der Waals surface area contributed by atoms with E-state index in [1.165, 1.54) is 6.07 Å². The maximum absolute atomic E-state index is 12.9. The largest absolute Gasteiger partial charge is 0.406 e. The molecule has 3 rings (SSSR count). The Labute approximate surface area is 135 Å². The fourth-order valence-electron chi connectivity index (χ4n) is 2.59. The molecule has 0 radical (unpaired) electrons. The molecule has 1 aliphatic rings. The van der Waals surface area contributed by atoms with Gasteiger partial charge in [0.15, 0.2) is 0 Å². The van der Waals surface area contributed by atoms with Gasteiger partial charge in [0.1, 0.15) is 12.7 Å². The van der Waals surface area contributed by atoms with E-state index in [1.54, 1.807) is 42.5 Å². The Hall–Kier alpha value is -2.21. The van der Waals surface area contributed by atoms with Gasteiger partial charge in [-0.15, -0.1) is 0 Å². The normalized spacial score (nSPS) is 17.7. The fraction of sp³-hybridized carbons (Fsp3) is 0.188. The Balaban J connectivity index is 2.08. The lowest BCUT2D eigenvalue weighted by Crippen LogP contribution is -2.47. The number of rotatable bonds is 2. The number of carbonyl (C=O) groups is 1. The van der Waals surface area contributed by atoms with E-state index in [0.29, 0.717) is 16.3 Å². The van der Waals surface area contributed by atoms with Gasteiger partial charge in [0.25, 0.3) is 5.91 Å². The predicted octanol–water partition coefficient (Wildman–Crippen LogP) is 4.47. The van der Waals surface area contributed by atoms with Crippen LogP contribution in [0.3, 0.4) is 0 Å². The van der Waals surface area contributed by atoms with Crippen molar-refractivity contribution in [2.24, 2.45) is 0 Å². The summed E-state index contributed by atoms with van der Waals surface area (Å²) in [5.74, 6) is -0.679. The summed E-state index contributed by atoms with van der Waals surface area (Å²) in [5.41, 5.74) is 1.11. The molecule has 0 fully saturated rings.